The van der Waals surface area contributed by atoms with Gasteiger partial charge in [-0.05, 0) is 16.7 Å². The average molecular weight is 435 g/mol. The lowest BCUT2D eigenvalue weighted by Gasteiger charge is -2.37. The Labute approximate surface area is 190 Å². The molecule has 33 heavy (non-hydrogen) atoms. The third-order valence-corrected chi connectivity index (χ3v) is 5.70. The number of hydrogen-bond donors (Lipinski definition) is 3. The minimum atomic E-state index is -1.21. The highest BCUT2D eigenvalue weighted by molar-refractivity contribution is 5.97. The zero-order valence-corrected chi connectivity index (χ0v) is 17.6. The molecule has 0 unspecified atom stereocenters. The van der Waals surface area contributed by atoms with E-state index < -0.39 is 11.6 Å². The number of rotatable bonds is 5. The van der Waals surface area contributed by atoms with Crippen molar-refractivity contribution in [3.05, 3.63) is 120 Å². The van der Waals surface area contributed by atoms with Gasteiger partial charge in [0.05, 0.1) is 10.9 Å². The number of nitrogens with one attached hydrogen (secondary N) is 1. The molecule has 0 saturated heterocycles. The van der Waals surface area contributed by atoms with Crippen LogP contribution >= 0.6 is 0 Å². The maximum absolute atomic E-state index is 11.5. The lowest BCUT2D eigenvalue weighted by atomic mass is 9.77. The summed E-state index contributed by atoms with van der Waals surface area (Å²) in [5.74, 6) is 0.505. The number of anilines is 2. The van der Waals surface area contributed by atoms with Gasteiger partial charge in [0.25, 0.3) is 0 Å². The summed E-state index contributed by atoms with van der Waals surface area (Å²) in [4.78, 5) is 15.7. The van der Waals surface area contributed by atoms with Gasteiger partial charge in [-0.15, -0.1) is 0 Å². The number of carbonyl (C=O) groups is 1. The number of hydrogen-bond acceptors (Lipinski definition) is 4. The van der Waals surface area contributed by atoms with Crippen LogP contribution in [-0.2, 0) is 5.54 Å². The second-order valence-electron chi connectivity index (χ2n) is 7.63. The van der Waals surface area contributed by atoms with E-state index in [1.165, 1.54) is 0 Å². The molecule has 0 fully saturated rings. The van der Waals surface area contributed by atoms with Crippen molar-refractivity contribution in [2.75, 3.05) is 11.1 Å². The van der Waals surface area contributed by atoms with Crippen LogP contribution in [-0.4, -0.2) is 26.0 Å². The van der Waals surface area contributed by atoms with Crippen LogP contribution in [0.4, 0.5) is 16.4 Å². The summed E-state index contributed by atoms with van der Waals surface area (Å²) in [5, 5.41) is 17.2. The third kappa shape index (κ3) is 3.36. The van der Waals surface area contributed by atoms with Crippen LogP contribution in [0.25, 0.3) is 10.9 Å². The molecule has 2 aromatic heterocycles. The highest BCUT2D eigenvalue weighted by Crippen LogP contribution is 2.43. The number of benzene rings is 3. The molecule has 2 heterocycles. The topological polar surface area (TPSA) is 106 Å². The molecule has 0 spiro atoms. The molecule has 5 aromatic rings. The number of pyridine rings is 1. The second-order valence-corrected chi connectivity index (χ2v) is 7.63. The molecule has 0 aliphatic carbocycles. The highest BCUT2D eigenvalue weighted by atomic mass is 16.4. The van der Waals surface area contributed by atoms with Gasteiger partial charge in [-0.25, -0.2) is 14.5 Å². The van der Waals surface area contributed by atoms with Gasteiger partial charge in [0.2, 0.25) is 0 Å². The normalized spacial score (nSPS) is 11.4. The predicted octanol–water partition coefficient (Wildman–Crippen LogP) is 4.94. The van der Waals surface area contributed by atoms with Crippen molar-refractivity contribution >= 4 is 28.6 Å². The Balaban J connectivity index is 1.97. The monoisotopic (exact) mass is 435 g/mol. The van der Waals surface area contributed by atoms with Crippen molar-refractivity contribution < 1.29 is 9.90 Å². The van der Waals surface area contributed by atoms with E-state index in [-0.39, 0.29) is 5.82 Å². The number of aromatic nitrogens is 3. The standard InChI is InChI=1S/C26H21N5O2/c27-23-16-22-21(17-28-23)24(29-25(32)33)30-31(22)26(18-10-4-1-5-11-18,19-12-6-2-7-13-19)20-14-8-3-9-15-20/h1-17H,(H2,27,28)(H,29,30)(H,32,33). The van der Waals surface area contributed by atoms with Crippen LogP contribution in [0, 0.1) is 0 Å². The number of nitrogen functional groups attached to an aromatic ring is 1. The summed E-state index contributed by atoms with van der Waals surface area (Å²) in [6.07, 6.45) is 0.341. The van der Waals surface area contributed by atoms with Crippen molar-refractivity contribution in [3.8, 4) is 0 Å². The molecule has 1 amide bonds. The Hall–Kier alpha value is -4.65. The first-order valence-corrected chi connectivity index (χ1v) is 10.4. The van der Waals surface area contributed by atoms with Crippen LogP contribution in [0.2, 0.25) is 0 Å². The lowest BCUT2D eigenvalue weighted by Crippen LogP contribution is -2.38. The Morgan fingerprint density at radius 1 is 0.848 bits per heavy atom. The predicted molar refractivity (Wildman–Crippen MR) is 128 cm³/mol. The van der Waals surface area contributed by atoms with Gasteiger partial charge in [-0.1, -0.05) is 91.0 Å². The second kappa shape index (κ2) is 8.12. The quantitative estimate of drug-likeness (QED) is 0.339. The fourth-order valence-corrected chi connectivity index (χ4v) is 4.38. The lowest BCUT2D eigenvalue weighted by molar-refractivity contribution is 0.209. The summed E-state index contributed by atoms with van der Waals surface area (Å²) in [5.41, 5.74) is 8.71. The van der Waals surface area contributed by atoms with Gasteiger partial charge < -0.3 is 10.8 Å². The Morgan fingerprint density at radius 2 is 1.33 bits per heavy atom. The highest BCUT2D eigenvalue weighted by Gasteiger charge is 2.41. The number of nitrogens with two attached hydrogens (primary N) is 1. The molecule has 5 rings (SSSR count). The molecule has 0 bridgehead atoms. The minimum Gasteiger partial charge on any atom is -0.465 e. The smallest absolute Gasteiger partial charge is 0.410 e. The van der Waals surface area contributed by atoms with Crippen LogP contribution < -0.4 is 11.1 Å². The first-order valence-electron chi connectivity index (χ1n) is 10.4. The molecule has 162 valence electrons. The molecule has 4 N–H and O–H groups in total. The maximum Gasteiger partial charge on any atom is 0.410 e. The summed E-state index contributed by atoms with van der Waals surface area (Å²) >= 11 is 0. The van der Waals surface area contributed by atoms with E-state index >= 15 is 0 Å². The molecule has 7 nitrogen and oxygen atoms in total. The SMILES string of the molecule is Nc1cc2c(cn1)c(NC(=O)O)nn2C(c1ccccc1)(c1ccccc1)c1ccccc1. The van der Waals surface area contributed by atoms with Crippen molar-refractivity contribution in [1.82, 2.24) is 14.8 Å². The van der Waals surface area contributed by atoms with Crippen LogP contribution in [0.5, 0.6) is 0 Å². The van der Waals surface area contributed by atoms with E-state index in [1.807, 2.05) is 95.7 Å². The Kier molecular flexibility index (Phi) is 4.99. The zero-order valence-electron chi connectivity index (χ0n) is 17.6. The van der Waals surface area contributed by atoms with E-state index in [1.54, 1.807) is 12.3 Å². The van der Waals surface area contributed by atoms with Crippen LogP contribution in [0.1, 0.15) is 16.7 Å². The fourth-order valence-electron chi connectivity index (χ4n) is 4.38. The van der Waals surface area contributed by atoms with Gasteiger partial charge in [0.1, 0.15) is 11.4 Å². The van der Waals surface area contributed by atoms with E-state index in [2.05, 4.69) is 10.3 Å². The summed E-state index contributed by atoms with van der Waals surface area (Å²) in [7, 11) is 0. The molecule has 0 radical (unpaired) electrons. The molecule has 0 saturated carbocycles. The summed E-state index contributed by atoms with van der Waals surface area (Å²) < 4.78 is 1.84. The molecular weight excluding hydrogens is 414 g/mol. The largest absolute Gasteiger partial charge is 0.465 e. The van der Waals surface area contributed by atoms with Gasteiger partial charge in [0.15, 0.2) is 5.82 Å². The molecule has 0 aliphatic rings. The van der Waals surface area contributed by atoms with Gasteiger partial charge >= 0.3 is 6.09 Å². The first kappa shape index (κ1) is 20.3. The van der Waals surface area contributed by atoms with Crippen LogP contribution in [0.3, 0.4) is 0 Å². The van der Waals surface area contributed by atoms with Gasteiger partial charge in [-0.3, -0.25) is 5.32 Å². The average Bonchev–Trinajstić information content (AvgIpc) is 3.18. The van der Waals surface area contributed by atoms with Crippen molar-refractivity contribution in [3.63, 3.8) is 0 Å². The number of amides is 1. The molecule has 3 aromatic carbocycles. The fraction of sp³-hybridized carbons (Fsp3) is 0.0385. The minimum absolute atomic E-state index is 0.192. The van der Waals surface area contributed by atoms with Gasteiger partial charge in [0, 0.05) is 12.3 Å². The third-order valence-electron chi connectivity index (χ3n) is 5.70. The summed E-state index contributed by atoms with van der Waals surface area (Å²) in [6.45, 7) is 0. The van der Waals surface area contributed by atoms with Crippen molar-refractivity contribution in [1.29, 1.82) is 0 Å². The number of fused-ring (bicyclic) bond motifs is 1. The van der Waals surface area contributed by atoms with Crippen molar-refractivity contribution in [2.24, 2.45) is 0 Å². The first-order chi connectivity index (χ1) is 16.1. The number of carboxylic acid groups (broad SMARTS) is 1. The Morgan fingerprint density at radius 3 is 1.79 bits per heavy atom. The molecule has 0 atom stereocenters. The van der Waals surface area contributed by atoms with Crippen LogP contribution in [0.15, 0.2) is 103 Å². The molecular formula is C26H21N5O2. The molecule has 7 heteroatoms. The maximum atomic E-state index is 11.5. The van der Waals surface area contributed by atoms with Gasteiger partial charge in [-0.2, -0.15) is 5.10 Å². The summed E-state index contributed by atoms with van der Waals surface area (Å²) in [6, 6.07) is 31.8. The van der Waals surface area contributed by atoms with E-state index in [0.29, 0.717) is 16.7 Å². The van der Waals surface area contributed by atoms with E-state index in [0.717, 1.165) is 16.7 Å². The van der Waals surface area contributed by atoms with E-state index in [4.69, 9.17) is 10.8 Å². The zero-order chi connectivity index (χ0) is 22.8. The number of nitrogens with zero attached hydrogens (tertiary/aromatic N) is 3. The molecule has 0 aliphatic heterocycles. The Bertz CT molecular complexity index is 1320. The van der Waals surface area contributed by atoms with E-state index in [9.17, 15) is 9.90 Å². The van der Waals surface area contributed by atoms with Crippen molar-refractivity contribution in [2.45, 2.75) is 5.54 Å².